The number of rotatable bonds is 12. The third kappa shape index (κ3) is 8.76. The van der Waals surface area contributed by atoms with Crippen LogP contribution < -0.4 is 9.80 Å². The molecule has 0 fully saturated rings. The SMILES string of the molecule is CCC1(C)c2ccccc2-c2ccc(N(c3ccc(-c4ccccc4)cc3)c3ccc(-c4cccc(-c5cccc(-c6ccc(N(c7ccc(-c8ccccc8)cc7)c7ccc8c(c7)C(C)(C)c7ccccc7-8)cc6)c5)c4)cc3)cc21. The van der Waals surface area contributed by atoms with Crippen molar-refractivity contribution in [2.24, 2.45) is 0 Å². The standard InChI is InChI=1S/C79H62N2/c1-5-79(4)75-29-15-13-27-71(75)73-49-47-69(53-77(73)79)81(65-40-32-57(33-41-65)55-20-10-7-11-21-55)67-44-36-59(37-45-67)61-23-17-25-63(51-61)62-24-16-22-60(50-62)58-34-42-66(43-35-58)80(64-38-30-56(31-39-64)54-18-8-6-9-19-54)68-46-48-72-70-26-12-14-28-74(70)78(2,3)76(72)52-68/h6-53H,5H2,1-4H3. The lowest BCUT2D eigenvalue weighted by molar-refractivity contribution is 0.564. The zero-order valence-corrected chi connectivity index (χ0v) is 46.3. The molecule has 0 spiro atoms. The fraction of sp³-hybridized carbons (Fsp3) is 0.0886. The Morgan fingerprint density at radius 3 is 0.963 bits per heavy atom. The maximum absolute atomic E-state index is 2.44. The predicted molar refractivity (Wildman–Crippen MR) is 343 cm³/mol. The molecule has 2 nitrogen and oxygen atoms in total. The van der Waals surface area contributed by atoms with Gasteiger partial charge in [-0.3, -0.25) is 0 Å². The largest absolute Gasteiger partial charge is 0.310 e. The summed E-state index contributed by atoms with van der Waals surface area (Å²) < 4.78 is 0. The average molecular weight is 1040 g/mol. The van der Waals surface area contributed by atoms with Crippen LogP contribution in [-0.4, -0.2) is 0 Å². The van der Waals surface area contributed by atoms with Gasteiger partial charge in [-0.2, -0.15) is 0 Å². The van der Waals surface area contributed by atoms with Gasteiger partial charge in [0.15, 0.2) is 0 Å². The van der Waals surface area contributed by atoms with Crippen LogP contribution in [0.2, 0.25) is 0 Å². The summed E-state index contributed by atoms with van der Waals surface area (Å²) >= 11 is 0. The van der Waals surface area contributed by atoms with Crippen LogP contribution in [0, 0.1) is 0 Å². The molecule has 0 aromatic heterocycles. The van der Waals surface area contributed by atoms with Gasteiger partial charge in [0.2, 0.25) is 0 Å². The Balaban J connectivity index is 0.764. The summed E-state index contributed by atoms with van der Waals surface area (Å²) in [5.41, 5.74) is 29.3. The molecule has 12 aromatic carbocycles. The second kappa shape index (κ2) is 20.2. The van der Waals surface area contributed by atoms with E-state index in [1.165, 1.54) is 100 Å². The first-order chi connectivity index (χ1) is 39.7. The summed E-state index contributed by atoms with van der Waals surface area (Å²) in [5, 5.41) is 0. The van der Waals surface area contributed by atoms with E-state index >= 15 is 0 Å². The van der Waals surface area contributed by atoms with Crippen LogP contribution in [0.15, 0.2) is 291 Å². The number of anilines is 6. The predicted octanol–water partition coefficient (Wildman–Crippen LogP) is 22.0. The Hall–Kier alpha value is -9.76. The van der Waals surface area contributed by atoms with E-state index < -0.39 is 0 Å². The van der Waals surface area contributed by atoms with E-state index in [0.717, 1.165) is 40.5 Å². The Morgan fingerprint density at radius 2 is 0.531 bits per heavy atom. The Kier molecular flexibility index (Phi) is 12.3. The second-order valence-corrected chi connectivity index (χ2v) is 22.6. The summed E-state index contributed by atoms with van der Waals surface area (Å²) in [5.74, 6) is 0. The van der Waals surface area contributed by atoms with Crippen molar-refractivity contribution in [3.63, 3.8) is 0 Å². The van der Waals surface area contributed by atoms with Gasteiger partial charge in [0.25, 0.3) is 0 Å². The van der Waals surface area contributed by atoms with Crippen molar-refractivity contribution in [3.8, 4) is 77.9 Å². The Labute approximate surface area is 477 Å². The van der Waals surface area contributed by atoms with E-state index in [2.05, 4.69) is 329 Å². The molecule has 0 radical (unpaired) electrons. The molecule has 388 valence electrons. The summed E-state index contributed by atoms with van der Waals surface area (Å²) in [6.07, 6.45) is 1.02. The van der Waals surface area contributed by atoms with Gasteiger partial charge in [-0.15, -0.1) is 0 Å². The topological polar surface area (TPSA) is 6.48 Å². The first kappa shape index (κ1) is 49.5. The van der Waals surface area contributed by atoms with Gasteiger partial charge in [-0.1, -0.05) is 234 Å². The number of hydrogen-bond acceptors (Lipinski definition) is 2. The van der Waals surface area contributed by atoms with Gasteiger partial charge in [-0.25, -0.2) is 0 Å². The number of hydrogen-bond donors (Lipinski definition) is 0. The van der Waals surface area contributed by atoms with Crippen molar-refractivity contribution in [2.45, 2.75) is 44.9 Å². The monoisotopic (exact) mass is 1040 g/mol. The van der Waals surface area contributed by atoms with Gasteiger partial charge in [0, 0.05) is 45.0 Å². The van der Waals surface area contributed by atoms with Crippen LogP contribution in [-0.2, 0) is 10.8 Å². The molecule has 2 aliphatic rings. The van der Waals surface area contributed by atoms with Crippen LogP contribution in [0.3, 0.4) is 0 Å². The van der Waals surface area contributed by atoms with E-state index in [-0.39, 0.29) is 10.8 Å². The van der Waals surface area contributed by atoms with E-state index in [4.69, 9.17) is 0 Å². The molecule has 1 atom stereocenters. The zero-order chi connectivity index (χ0) is 54.7. The van der Waals surface area contributed by atoms with E-state index in [1.54, 1.807) is 0 Å². The lowest BCUT2D eigenvalue weighted by atomic mass is 9.78. The van der Waals surface area contributed by atoms with Crippen molar-refractivity contribution in [3.05, 3.63) is 313 Å². The second-order valence-electron chi connectivity index (χ2n) is 22.6. The van der Waals surface area contributed by atoms with Crippen molar-refractivity contribution < 1.29 is 0 Å². The molecule has 0 N–H and O–H groups in total. The summed E-state index contributed by atoms with van der Waals surface area (Å²) in [4.78, 5) is 4.82. The molecule has 0 aliphatic heterocycles. The first-order valence-electron chi connectivity index (χ1n) is 28.5. The van der Waals surface area contributed by atoms with E-state index in [0.29, 0.717) is 0 Å². The van der Waals surface area contributed by atoms with Crippen LogP contribution in [0.1, 0.15) is 56.4 Å². The van der Waals surface area contributed by atoms with Crippen LogP contribution in [0.4, 0.5) is 34.1 Å². The molecule has 0 bridgehead atoms. The number of fused-ring (bicyclic) bond motifs is 6. The third-order valence-electron chi connectivity index (χ3n) is 17.6. The fourth-order valence-electron chi connectivity index (χ4n) is 13.0. The molecule has 0 heterocycles. The van der Waals surface area contributed by atoms with E-state index in [9.17, 15) is 0 Å². The molecule has 2 aliphatic carbocycles. The number of nitrogens with zero attached hydrogens (tertiary/aromatic N) is 2. The Bertz CT molecular complexity index is 4270. The van der Waals surface area contributed by atoms with Gasteiger partial charge < -0.3 is 9.80 Å². The molecule has 1 unspecified atom stereocenters. The molecule has 12 aromatic rings. The van der Waals surface area contributed by atoms with Crippen LogP contribution in [0.25, 0.3) is 77.9 Å². The summed E-state index contributed by atoms with van der Waals surface area (Å²) in [7, 11) is 0. The first-order valence-corrected chi connectivity index (χ1v) is 28.5. The molecule has 0 saturated carbocycles. The highest BCUT2D eigenvalue weighted by molar-refractivity contribution is 5.89. The molecule has 0 saturated heterocycles. The molecule has 14 rings (SSSR count). The lowest BCUT2D eigenvalue weighted by Gasteiger charge is -2.29. The Morgan fingerprint density at radius 1 is 0.235 bits per heavy atom. The molecular formula is C79H62N2. The third-order valence-corrected chi connectivity index (χ3v) is 17.6. The van der Waals surface area contributed by atoms with Crippen LogP contribution >= 0.6 is 0 Å². The fourth-order valence-corrected chi connectivity index (χ4v) is 13.0. The highest BCUT2D eigenvalue weighted by Gasteiger charge is 2.39. The smallest absolute Gasteiger partial charge is 0.0465 e. The minimum atomic E-state index is -0.113. The highest BCUT2D eigenvalue weighted by atomic mass is 15.1. The normalized spacial score (nSPS) is 14.4. The molecule has 2 heteroatoms. The number of benzene rings is 12. The summed E-state index contributed by atoms with van der Waals surface area (Å²) in [6, 6.07) is 107. The van der Waals surface area contributed by atoms with Crippen molar-refractivity contribution in [1.82, 2.24) is 0 Å². The lowest BCUT2D eigenvalue weighted by Crippen LogP contribution is -2.20. The van der Waals surface area contributed by atoms with Gasteiger partial charge in [0.1, 0.15) is 0 Å². The van der Waals surface area contributed by atoms with Gasteiger partial charge in [-0.05, 0) is 191 Å². The zero-order valence-electron chi connectivity index (χ0n) is 46.3. The van der Waals surface area contributed by atoms with Gasteiger partial charge >= 0.3 is 0 Å². The minimum absolute atomic E-state index is 0.0708. The highest BCUT2D eigenvalue weighted by Crippen LogP contribution is 2.53. The summed E-state index contributed by atoms with van der Waals surface area (Å²) in [6.45, 7) is 9.44. The average Bonchev–Trinajstić information content (AvgIpc) is 4.18. The van der Waals surface area contributed by atoms with Crippen molar-refractivity contribution in [2.75, 3.05) is 9.80 Å². The van der Waals surface area contributed by atoms with Crippen molar-refractivity contribution in [1.29, 1.82) is 0 Å². The molecular weight excluding hydrogens is 977 g/mol. The molecule has 81 heavy (non-hydrogen) atoms. The van der Waals surface area contributed by atoms with Gasteiger partial charge in [0.05, 0.1) is 0 Å². The van der Waals surface area contributed by atoms with Crippen LogP contribution in [0.5, 0.6) is 0 Å². The van der Waals surface area contributed by atoms with E-state index in [1.807, 2.05) is 0 Å². The van der Waals surface area contributed by atoms with Crippen molar-refractivity contribution >= 4 is 34.1 Å². The minimum Gasteiger partial charge on any atom is -0.310 e. The maximum Gasteiger partial charge on any atom is 0.0465 e. The quantitative estimate of drug-likeness (QED) is 0.120. The maximum atomic E-state index is 2.44. The molecule has 0 amide bonds.